The summed E-state index contributed by atoms with van der Waals surface area (Å²) in [5.74, 6) is 1.68. The molecule has 0 atom stereocenters. The Kier molecular flexibility index (Phi) is 9.86. The van der Waals surface area contributed by atoms with Gasteiger partial charge in [-0.1, -0.05) is 25.4 Å². The van der Waals surface area contributed by atoms with E-state index < -0.39 is 0 Å². The Morgan fingerprint density at radius 1 is 1.07 bits per heavy atom. The van der Waals surface area contributed by atoms with Crippen molar-refractivity contribution in [2.24, 2.45) is 0 Å². The molecule has 1 nitrogen and oxygen atoms in total. The predicted octanol–water partition coefficient (Wildman–Crippen LogP) is 4.76. The van der Waals surface area contributed by atoms with Gasteiger partial charge in [0.25, 0.3) is 0 Å². The van der Waals surface area contributed by atoms with Crippen molar-refractivity contribution in [1.82, 2.24) is 0 Å². The van der Waals surface area contributed by atoms with Gasteiger partial charge in [-0.3, -0.25) is 0 Å². The summed E-state index contributed by atoms with van der Waals surface area (Å²) in [5.41, 5.74) is 0. The highest BCUT2D eigenvalue weighted by atomic mass is 35.5. The molecule has 0 aromatic heterocycles. The van der Waals surface area contributed by atoms with Gasteiger partial charge in [0.1, 0.15) is 5.75 Å². The third-order valence-corrected chi connectivity index (χ3v) is 2.11. The zero-order chi connectivity index (χ0) is 11.5. The van der Waals surface area contributed by atoms with Crippen LogP contribution in [0.3, 0.4) is 0 Å². The van der Waals surface area contributed by atoms with Crippen LogP contribution in [0.25, 0.3) is 0 Å². The minimum Gasteiger partial charge on any atom is -0.494 e. The van der Waals surface area contributed by atoms with Gasteiger partial charge in [0.15, 0.2) is 0 Å². The Morgan fingerprint density at radius 2 is 1.60 bits per heavy atom. The second-order valence-electron chi connectivity index (χ2n) is 2.99. The molecule has 1 aromatic rings. The van der Waals surface area contributed by atoms with Crippen LogP contribution in [0.15, 0.2) is 24.3 Å². The van der Waals surface area contributed by atoms with Gasteiger partial charge < -0.3 is 4.74 Å². The van der Waals surface area contributed by atoms with Gasteiger partial charge >= 0.3 is 0 Å². The van der Waals surface area contributed by atoms with E-state index in [9.17, 15) is 0 Å². The summed E-state index contributed by atoms with van der Waals surface area (Å²) in [4.78, 5) is 0. The predicted molar refractivity (Wildman–Crippen MR) is 68.2 cm³/mol. The van der Waals surface area contributed by atoms with Gasteiger partial charge in [0.2, 0.25) is 0 Å². The second kappa shape index (κ2) is 10.1. The Morgan fingerprint density at radius 3 is 2.00 bits per heavy atom. The van der Waals surface area contributed by atoms with Crippen molar-refractivity contribution in [1.29, 1.82) is 0 Å². The zero-order valence-electron chi connectivity index (χ0n) is 9.30. The summed E-state index contributed by atoms with van der Waals surface area (Å²) in [6.07, 6.45) is 2.12. The first-order valence-corrected chi connectivity index (χ1v) is 6.10. The van der Waals surface area contributed by atoms with E-state index in [2.05, 4.69) is 6.92 Å². The largest absolute Gasteiger partial charge is 0.494 e. The van der Waals surface area contributed by atoms with Gasteiger partial charge in [-0.2, -0.15) is 0 Å². The summed E-state index contributed by atoms with van der Waals surface area (Å²) < 4.78 is 5.35. The molecule has 1 aromatic carbocycles. The summed E-state index contributed by atoms with van der Waals surface area (Å²) in [5, 5.41) is 0.744. The van der Waals surface area contributed by atoms with Crippen LogP contribution in [0.1, 0.15) is 26.7 Å². The SMILES string of the molecule is CCCCl.CCCOc1ccc(Cl)cc1. The maximum atomic E-state index is 5.69. The third kappa shape index (κ3) is 8.59. The molecule has 15 heavy (non-hydrogen) atoms. The molecule has 0 radical (unpaired) electrons. The lowest BCUT2D eigenvalue weighted by atomic mass is 10.3. The fraction of sp³-hybridized carbons (Fsp3) is 0.500. The number of halogens is 2. The molecule has 0 saturated heterocycles. The molecule has 0 aliphatic carbocycles. The van der Waals surface area contributed by atoms with Crippen LogP contribution in [0, 0.1) is 0 Å². The van der Waals surface area contributed by atoms with E-state index in [1.165, 1.54) is 0 Å². The molecule has 0 unspecified atom stereocenters. The number of hydrogen-bond donors (Lipinski definition) is 0. The van der Waals surface area contributed by atoms with E-state index in [0.717, 1.165) is 36.1 Å². The molecular weight excluding hydrogens is 231 g/mol. The summed E-state index contributed by atoms with van der Waals surface area (Å²) >= 11 is 10.9. The Bertz CT molecular complexity index is 232. The smallest absolute Gasteiger partial charge is 0.119 e. The van der Waals surface area contributed by atoms with E-state index in [4.69, 9.17) is 27.9 Å². The third-order valence-electron chi connectivity index (χ3n) is 1.48. The molecule has 1 rings (SSSR count). The van der Waals surface area contributed by atoms with Crippen molar-refractivity contribution in [2.75, 3.05) is 12.5 Å². The molecule has 0 amide bonds. The van der Waals surface area contributed by atoms with Crippen molar-refractivity contribution >= 4 is 23.2 Å². The monoisotopic (exact) mass is 248 g/mol. The lowest BCUT2D eigenvalue weighted by Gasteiger charge is -2.02. The Balaban J connectivity index is 0.000000423. The first-order valence-electron chi connectivity index (χ1n) is 5.18. The van der Waals surface area contributed by atoms with Gasteiger partial charge in [0, 0.05) is 10.9 Å². The molecule has 0 aliphatic rings. The molecule has 0 heterocycles. The highest BCUT2D eigenvalue weighted by Crippen LogP contribution is 2.15. The van der Waals surface area contributed by atoms with E-state index in [0.29, 0.717) is 0 Å². The molecule has 0 fully saturated rings. The number of ether oxygens (including phenoxy) is 1. The van der Waals surface area contributed by atoms with Crippen molar-refractivity contribution in [3.05, 3.63) is 29.3 Å². The maximum Gasteiger partial charge on any atom is 0.119 e. The standard InChI is InChI=1S/C9H11ClO.C3H7Cl/c1-2-7-11-9-5-3-8(10)4-6-9;1-2-3-4/h3-6H,2,7H2,1H3;2-3H2,1H3. The van der Waals surface area contributed by atoms with Gasteiger partial charge in [0.05, 0.1) is 6.61 Å². The van der Waals surface area contributed by atoms with Crippen LogP contribution in [0.2, 0.25) is 5.02 Å². The molecule has 3 heteroatoms. The minimum atomic E-state index is 0.744. The zero-order valence-corrected chi connectivity index (χ0v) is 10.8. The van der Waals surface area contributed by atoms with Crippen molar-refractivity contribution in [3.8, 4) is 5.75 Å². The topological polar surface area (TPSA) is 9.23 Å². The molecule has 0 bridgehead atoms. The van der Waals surface area contributed by atoms with E-state index in [1.807, 2.05) is 31.2 Å². The Labute approximate surface area is 102 Å². The van der Waals surface area contributed by atoms with Gasteiger partial charge in [-0.15, -0.1) is 11.6 Å². The fourth-order valence-electron chi connectivity index (χ4n) is 0.751. The normalized spacial score (nSPS) is 9.07. The first kappa shape index (κ1) is 14.6. The molecule has 86 valence electrons. The van der Waals surface area contributed by atoms with Crippen LogP contribution in [0.4, 0.5) is 0 Å². The summed E-state index contributed by atoms with van der Waals surface area (Å²) in [6, 6.07) is 7.40. The highest BCUT2D eigenvalue weighted by Gasteiger charge is 1.90. The first-order chi connectivity index (χ1) is 7.24. The van der Waals surface area contributed by atoms with E-state index in [-0.39, 0.29) is 0 Å². The molecular formula is C12H18Cl2O. The van der Waals surface area contributed by atoms with Crippen LogP contribution >= 0.6 is 23.2 Å². The van der Waals surface area contributed by atoms with Crippen molar-refractivity contribution in [3.63, 3.8) is 0 Å². The number of benzene rings is 1. The average Bonchev–Trinajstić information content (AvgIpc) is 2.29. The quantitative estimate of drug-likeness (QED) is 0.699. The fourth-order valence-corrected chi connectivity index (χ4v) is 0.877. The lowest BCUT2D eigenvalue weighted by molar-refractivity contribution is 0.317. The number of alkyl halides is 1. The lowest BCUT2D eigenvalue weighted by Crippen LogP contribution is -1.93. The molecule has 0 aliphatic heterocycles. The van der Waals surface area contributed by atoms with Crippen LogP contribution < -0.4 is 4.74 Å². The summed E-state index contributed by atoms with van der Waals surface area (Å²) in [7, 11) is 0. The second-order valence-corrected chi connectivity index (χ2v) is 3.81. The van der Waals surface area contributed by atoms with Crippen molar-refractivity contribution in [2.45, 2.75) is 26.7 Å². The van der Waals surface area contributed by atoms with Crippen molar-refractivity contribution < 1.29 is 4.74 Å². The van der Waals surface area contributed by atoms with E-state index >= 15 is 0 Å². The number of rotatable bonds is 4. The molecule has 0 N–H and O–H groups in total. The highest BCUT2D eigenvalue weighted by molar-refractivity contribution is 6.30. The maximum absolute atomic E-state index is 5.69. The molecule has 0 spiro atoms. The van der Waals surface area contributed by atoms with E-state index in [1.54, 1.807) is 0 Å². The van der Waals surface area contributed by atoms with Gasteiger partial charge in [-0.05, 0) is 37.1 Å². The summed E-state index contributed by atoms with van der Waals surface area (Å²) in [6.45, 7) is 4.89. The number of hydrogen-bond acceptors (Lipinski definition) is 1. The van der Waals surface area contributed by atoms with Crippen LogP contribution in [-0.4, -0.2) is 12.5 Å². The Hall–Kier alpha value is -0.400. The average molecular weight is 249 g/mol. The van der Waals surface area contributed by atoms with Crippen LogP contribution in [0.5, 0.6) is 5.75 Å². The van der Waals surface area contributed by atoms with Gasteiger partial charge in [-0.25, -0.2) is 0 Å². The minimum absolute atomic E-state index is 0.744. The van der Waals surface area contributed by atoms with Crippen LogP contribution in [-0.2, 0) is 0 Å². The molecule has 0 saturated carbocycles.